The van der Waals surface area contributed by atoms with Crippen molar-refractivity contribution in [1.82, 2.24) is 15.1 Å². The van der Waals surface area contributed by atoms with Crippen LogP contribution in [0.5, 0.6) is 0 Å². The molecule has 2 bridgehead atoms. The summed E-state index contributed by atoms with van der Waals surface area (Å²) >= 11 is 0. The van der Waals surface area contributed by atoms with E-state index in [4.69, 9.17) is 4.74 Å². The lowest BCUT2D eigenvalue weighted by atomic mass is 9.88. The first-order chi connectivity index (χ1) is 12.3. The first kappa shape index (κ1) is 15.1. The predicted octanol–water partition coefficient (Wildman–Crippen LogP) is 2.57. The van der Waals surface area contributed by atoms with Crippen LogP contribution in [0.3, 0.4) is 0 Å². The van der Waals surface area contributed by atoms with Crippen LogP contribution in [0.2, 0.25) is 0 Å². The molecule has 0 aliphatic carbocycles. The molecule has 1 amide bonds. The molecule has 2 aromatic rings. The molecule has 130 valence electrons. The largest absolute Gasteiger partial charge is 0.374 e. The summed E-state index contributed by atoms with van der Waals surface area (Å²) in [5.41, 5.74) is 4.62. The lowest BCUT2D eigenvalue weighted by molar-refractivity contribution is -0.137. The monoisotopic (exact) mass is 337 g/mol. The fraction of sp³-hybridized carbons (Fsp3) is 0.500. The summed E-state index contributed by atoms with van der Waals surface area (Å²) in [6.45, 7) is 1.55. The van der Waals surface area contributed by atoms with Gasteiger partial charge in [0.05, 0.1) is 23.8 Å². The van der Waals surface area contributed by atoms with Gasteiger partial charge in [-0.2, -0.15) is 5.10 Å². The first-order valence-electron chi connectivity index (χ1n) is 9.35. The van der Waals surface area contributed by atoms with Gasteiger partial charge in [-0.3, -0.25) is 9.89 Å². The Morgan fingerprint density at radius 1 is 1.16 bits per heavy atom. The number of nitrogens with zero attached hydrogens (tertiary/aromatic N) is 2. The second kappa shape index (κ2) is 5.99. The Hall–Kier alpha value is -2.14. The standard InChI is InChI=1S/C20H23N3O2/c24-20(16-12-14-6-7-18(16)25-14)23-10-8-15-17(9-11-23)21-22-19(15)13-4-2-1-3-5-13/h1-5,14,16,18H,6-12H2,(H,21,22)/t14-,16-,18+/m0/s1. The minimum Gasteiger partial charge on any atom is -0.374 e. The molecule has 3 aliphatic heterocycles. The molecule has 5 rings (SSSR count). The van der Waals surface area contributed by atoms with E-state index in [9.17, 15) is 4.79 Å². The van der Waals surface area contributed by atoms with Crippen molar-refractivity contribution in [2.24, 2.45) is 5.92 Å². The SMILES string of the molecule is O=C([C@H]1C[C@@H]2CC[C@H]1O2)N1CCc2[nH]nc(-c3ccccc3)c2CC1. The molecule has 2 fully saturated rings. The van der Waals surface area contributed by atoms with Gasteiger partial charge in [0, 0.05) is 36.3 Å². The Bertz CT molecular complexity index is 785. The zero-order valence-corrected chi connectivity index (χ0v) is 14.3. The van der Waals surface area contributed by atoms with Crippen LogP contribution >= 0.6 is 0 Å². The van der Waals surface area contributed by atoms with Crippen LogP contribution in [0.1, 0.15) is 30.5 Å². The van der Waals surface area contributed by atoms with E-state index in [0.29, 0.717) is 12.0 Å². The molecule has 3 aliphatic rings. The molecule has 0 unspecified atom stereocenters. The van der Waals surface area contributed by atoms with Gasteiger partial charge in [0.25, 0.3) is 0 Å². The summed E-state index contributed by atoms with van der Waals surface area (Å²) in [7, 11) is 0. The van der Waals surface area contributed by atoms with E-state index in [-0.39, 0.29) is 12.0 Å². The number of nitrogens with one attached hydrogen (secondary N) is 1. The van der Waals surface area contributed by atoms with Gasteiger partial charge in [0.2, 0.25) is 5.91 Å². The summed E-state index contributed by atoms with van der Waals surface area (Å²) in [5.74, 6) is 0.383. The number of rotatable bonds is 2. The molecule has 3 atom stereocenters. The van der Waals surface area contributed by atoms with Gasteiger partial charge in [-0.15, -0.1) is 0 Å². The van der Waals surface area contributed by atoms with Crippen LogP contribution in [-0.2, 0) is 22.4 Å². The molecule has 0 radical (unpaired) electrons. The van der Waals surface area contributed by atoms with Gasteiger partial charge >= 0.3 is 0 Å². The Morgan fingerprint density at radius 2 is 2.00 bits per heavy atom. The van der Waals surface area contributed by atoms with Crippen molar-refractivity contribution in [3.63, 3.8) is 0 Å². The minimum absolute atomic E-state index is 0.0851. The van der Waals surface area contributed by atoms with Crippen molar-refractivity contribution in [3.05, 3.63) is 41.6 Å². The number of amides is 1. The number of carbonyl (C=O) groups is 1. The van der Waals surface area contributed by atoms with Crippen LogP contribution in [0.15, 0.2) is 30.3 Å². The highest BCUT2D eigenvalue weighted by Gasteiger charge is 2.45. The zero-order valence-electron chi connectivity index (χ0n) is 14.3. The molecular weight excluding hydrogens is 314 g/mol. The third-order valence-corrected chi connectivity index (χ3v) is 6.00. The minimum atomic E-state index is 0.0851. The summed E-state index contributed by atoms with van der Waals surface area (Å²) in [6.07, 6.45) is 5.31. The summed E-state index contributed by atoms with van der Waals surface area (Å²) in [4.78, 5) is 15.0. The van der Waals surface area contributed by atoms with Gasteiger partial charge in [-0.25, -0.2) is 0 Å². The maximum absolute atomic E-state index is 13.0. The summed E-state index contributed by atoms with van der Waals surface area (Å²) in [5, 5.41) is 7.75. The average Bonchev–Trinajstić information content (AvgIpc) is 3.35. The van der Waals surface area contributed by atoms with Crippen LogP contribution in [0.25, 0.3) is 11.3 Å². The Kier molecular flexibility index (Phi) is 3.63. The number of fused-ring (bicyclic) bond motifs is 3. The maximum Gasteiger partial charge on any atom is 0.228 e. The van der Waals surface area contributed by atoms with E-state index in [1.165, 1.54) is 11.3 Å². The molecule has 0 spiro atoms. The van der Waals surface area contributed by atoms with Crippen LogP contribution in [-0.4, -0.2) is 46.3 Å². The molecule has 25 heavy (non-hydrogen) atoms. The van der Waals surface area contributed by atoms with Gasteiger partial charge in [0.15, 0.2) is 0 Å². The Labute approximate surface area is 147 Å². The van der Waals surface area contributed by atoms with Crippen molar-refractivity contribution in [2.45, 2.75) is 44.3 Å². The molecule has 1 aromatic carbocycles. The molecule has 4 heterocycles. The molecule has 5 nitrogen and oxygen atoms in total. The predicted molar refractivity (Wildman–Crippen MR) is 94.0 cm³/mol. The lowest BCUT2D eigenvalue weighted by Crippen LogP contribution is -2.41. The fourth-order valence-corrected chi connectivity index (χ4v) is 4.67. The van der Waals surface area contributed by atoms with Crippen molar-refractivity contribution in [2.75, 3.05) is 13.1 Å². The summed E-state index contributed by atoms with van der Waals surface area (Å²) in [6, 6.07) is 10.3. The normalized spacial score (nSPS) is 28.0. The van der Waals surface area contributed by atoms with Crippen molar-refractivity contribution < 1.29 is 9.53 Å². The van der Waals surface area contributed by atoms with Crippen molar-refractivity contribution in [3.8, 4) is 11.3 Å². The second-order valence-corrected chi connectivity index (χ2v) is 7.44. The van der Waals surface area contributed by atoms with Gasteiger partial charge in [-0.1, -0.05) is 30.3 Å². The van der Waals surface area contributed by atoms with Crippen LogP contribution in [0.4, 0.5) is 0 Å². The van der Waals surface area contributed by atoms with Crippen molar-refractivity contribution >= 4 is 5.91 Å². The Balaban J connectivity index is 1.34. The van der Waals surface area contributed by atoms with E-state index in [1.807, 2.05) is 18.2 Å². The molecule has 1 aromatic heterocycles. The highest BCUT2D eigenvalue weighted by molar-refractivity contribution is 5.80. The lowest BCUT2D eigenvalue weighted by Gasteiger charge is -2.27. The number of benzene rings is 1. The highest BCUT2D eigenvalue weighted by Crippen LogP contribution is 2.40. The number of hydrogen-bond donors (Lipinski definition) is 1. The van der Waals surface area contributed by atoms with Crippen molar-refractivity contribution in [1.29, 1.82) is 0 Å². The number of aromatic amines is 1. The van der Waals surface area contributed by atoms with E-state index in [0.717, 1.165) is 56.5 Å². The van der Waals surface area contributed by atoms with Gasteiger partial charge < -0.3 is 9.64 Å². The Morgan fingerprint density at radius 3 is 2.76 bits per heavy atom. The quantitative estimate of drug-likeness (QED) is 0.916. The van der Waals surface area contributed by atoms with Gasteiger partial charge in [0.1, 0.15) is 0 Å². The average molecular weight is 337 g/mol. The third-order valence-electron chi connectivity index (χ3n) is 6.00. The smallest absolute Gasteiger partial charge is 0.228 e. The third kappa shape index (κ3) is 2.58. The van der Waals surface area contributed by atoms with Crippen LogP contribution < -0.4 is 0 Å². The number of aromatic nitrogens is 2. The fourth-order valence-electron chi connectivity index (χ4n) is 4.67. The van der Waals surface area contributed by atoms with E-state index >= 15 is 0 Å². The molecule has 0 saturated carbocycles. The van der Waals surface area contributed by atoms with E-state index < -0.39 is 0 Å². The number of ether oxygens (including phenoxy) is 1. The second-order valence-electron chi connectivity index (χ2n) is 7.44. The number of H-pyrrole nitrogens is 1. The van der Waals surface area contributed by atoms with E-state index in [2.05, 4.69) is 27.2 Å². The first-order valence-corrected chi connectivity index (χ1v) is 9.35. The highest BCUT2D eigenvalue weighted by atomic mass is 16.5. The van der Waals surface area contributed by atoms with Gasteiger partial charge in [-0.05, 0) is 25.7 Å². The van der Waals surface area contributed by atoms with E-state index in [1.54, 1.807) is 0 Å². The topological polar surface area (TPSA) is 58.2 Å². The molecule has 2 saturated heterocycles. The van der Waals surface area contributed by atoms with Crippen LogP contribution in [0, 0.1) is 5.92 Å². The number of hydrogen-bond acceptors (Lipinski definition) is 3. The summed E-state index contributed by atoms with van der Waals surface area (Å²) < 4.78 is 5.89. The molecular formula is C20H23N3O2. The molecule has 5 heteroatoms. The number of carbonyl (C=O) groups excluding carboxylic acids is 1. The zero-order chi connectivity index (χ0) is 16.8. The maximum atomic E-state index is 13.0. The molecule has 1 N–H and O–H groups in total.